The molecule has 0 spiro atoms. The molecule has 1 unspecified atom stereocenters. The predicted octanol–water partition coefficient (Wildman–Crippen LogP) is 2.93. The van der Waals surface area contributed by atoms with Crippen LogP contribution < -0.4 is 15.4 Å². The first-order valence-corrected chi connectivity index (χ1v) is 10.7. The van der Waals surface area contributed by atoms with Crippen molar-refractivity contribution in [2.75, 3.05) is 30.8 Å². The summed E-state index contributed by atoms with van der Waals surface area (Å²) in [6.45, 7) is 3.71. The average Bonchev–Trinajstić information content (AvgIpc) is 2.75. The molecule has 0 radical (unpaired) electrons. The summed E-state index contributed by atoms with van der Waals surface area (Å²) in [5.74, 6) is -1.03. The molecule has 0 aromatic heterocycles. The van der Waals surface area contributed by atoms with Crippen LogP contribution in [0.3, 0.4) is 0 Å². The number of hydrogen-bond donors (Lipinski definition) is 2. The van der Waals surface area contributed by atoms with Crippen LogP contribution in [-0.2, 0) is 19.1 Å². The summed E-state index contributed by atoms with van der Waals surface area (Å²) in [4.78, 5) is 35.7. The lowest BCUT2D eigenvalue weighted by molar-refractivity contribution is -0.147. The molecule has 9 heteroatoms. The number of amides is 2. The molecule has 31 heavy (non-hydrogen) atoms. The molecule has 0 aliphatic carbocycles. The summed E-state index contributed by atoms with van der Waals surface area (Å²) >= 11 is 1.07. The Morgan fingerprint density at radius 3 is 2.55 bits per heavy atom. The van der Waals surface area contributed by atoms with Gasteiger partial charge in [-0.1, -0.05) is 12.1 Å². The number of thioether (sulfide) groups is 1. The Bertz CT molecular complexity index is 892. The van der Waals surface area contributed by atoms with Crippen LogP contribution in [0, 0.1) is 12.7 Å². The standard InChI is InChI=1S/C22H25FN2O5S/c1-15-4-3-5-19(12-15)29-11-10-24-20(26)13-30-22(28)16(2)31-14-21(27)25-18-8-6-17(23)7-9-18/h3-9,12,16H,10-11,13-14H2,1-2H3,(H,24,26)(H,25,27). The van der Waals surface area contributed by atoms with E-state index in [1.165, 1.54) is 24.3 Å². The Kier molecular flexibility index (Phi) is 9.83. The molecule has 2 rings (SSSR count). The van der Waals surface area contributed by atoms with Crippen molar-refractivity contribution in [3.05, 3.63) is 59.9 Å². The van der Waals surface area contributed by atoms with E-state index in [0.29, 0.717) is 12.3 Å². The van der Waals surface area contributed by atoms with Crippen molar-refractivity contribution in [3.8, 4) is 5.75 Å². The molecule has 0 fully saturated rings. The van der Waals surface area contributed by atoms with E-state index in [-0.39, 0.29) is 18.2 Å². The Morgan fingerprint density at radius 2 is 1.84 bits per heavy atom. The lowest BCUT2D eigenvalue weighted by Gasteiger charge is -2.12. The maximum absolute atomic E-state index is 12.9. The number of aryl methyl sites for hydroxylation is 1. The van der Waals surface area contributed by atoms with Gasteiger partial charge in [0.15, 0.2) is 6.61 Å². The maximum Gasteiger partial charge on any atom is 0.319 e. The minimum atomic E-state index is -0.628. The van der Waals surface area contributed by atoms with E-state index < -0.39 is 29.6 Å². The molecule has 2 N–H and O–H groups in total. The van der Waals surface area contributed by atoms with E-state index in [0.717, 1.165) is 23.1 Å². The second-order valence-corrected chi connectivity index (χ2v) is 7.96. The molecule has 1 atom stereocenters. The first-order chi connectivity index (χ1) is 14.8. The lowest BCUT2D eigenvalue weighted by Crippen LogP contribution is -2.33. The molecule has 2 aromatic rings. The van der Waals surface area contributed by atoms with Crippen LogP contribution in [-0.4, -0.2) is 48.5 Å². The third-order valence-corrected chi connectivity index (χ3v) is 5.07. The number of hydrogen-bond acceptors (Lipinski definition) is 6. The van der Waals surface area contributed by atoms with Gasteiger partial charge in [-0.15, -0.1) is 11.8 Å². The molecule has 0 bridgehead atoms. The van der Waals surface area contributed by atoms with Crippen molar-refractivity contribution in [2.45, 2.75) is 19.1 Å². The summed E-state index contributed by atoms with van der Waals surface area (Å²) in [6, 6.07) is 12.9. The summed E-state index contributed by atoms with van der Waals surface area (Å²) in [7, 11) is 0. The SMILES string of the molecule is Cc1cccc(OCCNC(=O)COC(=O)C(C)SCC(=O)Nc2ccc(F)cc2)c1. The second kappa shape index (κ2) is 12.6. The smallest absolute Gasteiger partial charge is 0.319 e. The number of benzene rings is 2. The summed E-state index contributed by atoms with van der Waals surface area (Å²) in [5.41, 5.74) is 1.54. The molecule has 0 aliphatic rings. The van der Waals surface area contributed by atoms with Gasteiger partial charge >= 0.3 is 5.97 Å². The number of carbonyl (C=O) groups is 3. The molecule has 0 saturated carbocycles. The molecule has 166 valence electrons. The highest BCUT2D eigenvalue weighted by molar-refractivity contribution is 8.01. The molecule has 7 nitrogen and oxygen atoms in total. The largest absolute Gasteiger partial charge is 0.492 e. The highest BCUT2D eigenvalue weighted by Crippen LogP contribution is 2.14. The summed E-state index contributed by atoms with van der Waals surface area (Å²) < 4.78 is 23.4. The zero-order valence-corrected chi connectivity index (χ0v) is 18.2. The van der Waals surface area contributed by atoms with Gasteiger partial charge < -0.3 is 20.1 Å². The van der Waals surface area contributed by atoms with Gasteiger partial charge in [-0.2, -0.15) is 0 Å². The lowest BCUT2D eigenvalue weighted by atomic mass is 10.2. The zero-order valence-electron chi connectivity index (χ0n) is 17.4. The van der Waals surface area contributed by atoms with E-state index >= 15 is 0 Å². The van der Waals surface area contributed by atoms with Crippen molar-refractivity contribution >= 4 is 35.2 Å². The van der Waals surface area contributed by atoms with Gasteiger partial charge in [-0.3, -0.25) is 14.4 Å². The van der Waals surface area contributed by atoms with E-state index in [2.05, 4.69) is 10.6 Å². The van der Waals surface area contributed by atoms with Crippen LogP contribution in [0.25, 0.3) is 0 Å². The van der Waals surface area contributed by atoms with Gasteiger partial charge in [0.2, 0.25) is 5.91 Å². The fourth-order valence-corrected chi connectivity index (χ4v) is 3.05. The van der Waals surface area contributed by atoms with Gasteiger partial charge in [0.25, 0.3) is 5.91 Å². The van der Waals surface area contributed by atoms with Crippen LogP contribution in [0.1, 0.15) is 12.5 Å². The third kappa shape index (κ3) is 9.52. The van der Waals surface area contributed by atoms with E-state index in [1.54, 1.807) is 6.92 Å². The number of halogens is 1. The van der Waals surface area contributed by atoms with Gasteiger partial charge in [0, 0.05) is 5.69 Å². The number of carbonyl (C=O) groups excluding carboxylic acids is 3. The fourth-order valence-electron chi connectivity index (χ4n) is 2.37. The number of ether oxygens (including phenoxy) is 2. The quantitative estimate of drug-likeness (QED) is 0.406. The van der Waals surface area contributed by atoms with Crippen LogP contribution >= 0.6 is 11.8 Å². The monoisotopic (exact) mass is 448 g/mol. The van der Waals surface area contributed by atoms with Crippen molar-refractivity contribution in [1.82, 2.24) is 5.32 Å². The number of esters is 1. The number of anilines is 1. The molecular weight excluding hydrogens is 423 g/mol. The summed E-state index contributed by atoms with van der Waals surface area (Å²) in [6.07, 6.45) is 0. The highest BCUT2D eigenvalue weighted by Gasteiger charge is 2.18. The van der Waals surface area contributed by atoms with Gasteiger partial charge in [0.05, 0.1) is 12.3 Å². The fraction of sp³-hybridized carbons (Fsp3) is 0.318. The van der Waals surface area contributed by atoms with Crippen LogP contribution in [0.15, 0.2) is 48.5 Å². The molecular formula is C22H25FN2O5S. The number of rotatable bonds is 11. The van der Waals surface area contributed by atoms with Crippen molar-refractivity contribution in [2.24, 2.45) is 0 Å². The van der Waals surface area contributed by atoms with E-state index in [4.69, 9.17) is 9.47 Å². The second-order valence-electron chi connectivity index (χ2n) is 6.63. The third-order valence-electron chi connectivity index (χ3n) is 3.95. The minimum Gasteiger partial charge on any atom is -0.492 e. The topological polar surface area (TPSA) is 93.7 Å². The van der Waals surface area contributed by atoms with Crippen molar-refractivity contribution in [3.63, 3.8) is 0 Å². The summed E-state index contributed by atoms with van der Waals surface area (Å²) in [5, 5.41) is 4.58. The van der Waals surface area contributed by atoms with Crippen LogP contribution in [0.4, 0.5) is 10.1 Å². The van der Waals surface area contributed by atoms with Crippen LogP contribution in [0.2, 0.25) is 0 Å². The zero-order chi connectivity index (χ0) is 22.6. The van der Waals surface area contributed by atoms with E-state index in [1.807, 2.05) is 31.2 Å². The Morgan fingerprint density at radius 1 is 1.10 bits per heavy atom. The molecule has 0 aliphatic heterocycles. The molecule has 2 amide bonds. The van der Waals surface area contributed by atoms with Gasteiger partial charge in [-0.05, 0) is 55.8 Å². The molecule has 0 heterocycles. The normalized spacial score (nSPS) is 11.3. The Labute approximate surface area is 184 Å². The first kappa shape index (κ1) is 24.2. The van der Waals surface area contributed by atoms with Crippen LogP contribution in [0.5, 0.6) is 5.75 Å². The minimum absolute atomic E-state index is 0.0101. The van der Waals surface area contributed by atoms with Crippen molar-refractivity contribution in [1.29, 1.82) is 0 Å². The van der Waals surface area contributed by atoms with Gasteiger partial charge in [0.1, 0.15) is 23.4 Å². The maximum atomic E-state index is 12.9. The molecule has 0 saturated heterocycles. The number of nitrogens with one attached hydrogen (secondary N) is 2. The average molecular weight is 449 g/mol. The highest BCUT2D eigenvalue weighted by atomic mass is 32.2. The van der Waals surface area contributed by atoms with Crippen molar-refractivity contribution < 1.29 is 28.2 Å². The Hall–Kier alpha value is -3.07. The van der Waals surface area contributed by atoms with E-state index in [9.17, 15) is 18.8 Å². The first-order valence-electron chi connectivity index (χ1n) is 9.63. The molecule has 2 aromatic carbocycles. The Balaban J connectivity index is 1.58. The van der Waals surface area contributed by atoms with Gasteiger partial charge in [-0.25, -0.2) is 4.39 Å². The predicted molar refractivity (Wildman–Crippen MR) is 118 cm³/mol.